The Labute approximate surface area is 478 Å². The van der Waals surface area contributed by atoms with Gasteiger partial charge in [-0.1, -0.05) is 26.2 Å². The van der Waals surface area contributed by atoms with E-state index in [-0.39, 0.29) is 17.3 Å². The quantitative estimate of drug-likeness (QED) is 0.0120. The minimum Gasteiger partial charge on any atom is -0.545 e. The maximum absolute atomic E-state index is 10.1. The van der Waals surface area contributed by atoms with Crippen molar-refractivity contribution in [3.8, 4) is 0 Å². The van der Waals surface area contributed by atoms with Gasteiger partial charge in [-0.05, 0) is 55.8 Å². The first-order chi connectivity index (χ1) is 38.8. The molecule has 0 heterocycles. The summed E-state index contributed by atoms with van der Waals surface area (Å²) in [6, 6.07) is -0.716. The van der Waals surface area contributed by atoms with Crippen LogP contribution in [0.1, 0.15) is 32.1 Å². The number of ether oxygens (including phenoxy) is 5. The van der Waals surface area contributed by atoms with Crippen molar-refractivity contribution < 1.29 is 161 Å². The number of carboxylic acids is 10. The summed E-state index contributed by atoms with van der Waals surface area (Å²) in [4.78, 5) is 96.0. The molecule has 0 spiro atoms. The van der Waals surface area contributed by atoms with Gasteiger partial charge in [0.15, 0.2) is 0 Å². The van der Waals surface area contributed by atoms with Gasteiger partial charge >= 0.3 is 41.8 Å². The van der Waals surface area contributed by atoms with Crippen LogP contribution in [0, 0.1) is 0 Å². The smallest absolute Gasteiger partial charge is 0.328 e. The van der Waals surface area contributed by atoms with Crippen molar-refractivity contribution in [3.63, 3.8) is 0 Å². The molecule has 0 aliphatic carbocycles. The Morgan fingerprint density at radius 1 is 0.361 bits per heavy atom. The molecule has 0 aliphatic heterocycles. The maximum atomic E-state index is 10.1. The number of carbonyl (C=O) groups is 10. The Hall–Kier alpha value is -8.68. The molecule has 478 valence electrons. The van der Waals surface area contributed by atoms with Crippen LogP contribution in [0.3, 0.4) is 0 Å². The number of aliphatic hydroxyl groups excluding tert-OH is 3. The molecule has 0 radical (unpaired) electrons. The Balaban J connectivity index is -0.000000107. The fourth-order valence-electron chi connectivity index (χ4n) is 3.03. The summed E-state index contributed by atoms with van der Waals surface area (Å²) in [6.07, 6.45) is 12.5. The molecule has 0 unspecified atom stereocenters. The lowest BCUT2D eigenvalue weighted by Gasteiger charge is -2.05. The molecule has 0 bridgehead atoms. The molecule has 0 aromatic heterocycles. The second-order valence-corrected chi connectivity index (χ2v) is 13.9. The second-order valence-electron chi connectivity index (χ2n) is 13.9. The van der Waals surface area contributed by atoms with Gasteiger partial charge in [-0.25, -0.2) is 28.8 Å². The molecule has 0 aromatic carbocycles. The first-order valence-corrected chi connectivity index (χ1v) is 23.7. The van der Waals surface area contributed by atoms with E-state index in [0.717, 1.165) is 115 Å². The van der Waals surface area contributed by atoms with Gasteiger partial charge in [0.1, 0.15) is 23.3 Å². The van der Waals surface area contributed by atoms with E-state index in [1.165, 1.54) is 0 Å². The van der Waals surface area contributed by atoms with Gasteiger partial charge in [0.2, 0.25) is 0 Å². The van der Waals surface area contributed by atoms with E-state index in [0.29, 0.717) is 89.1 Å². The minimum atomic E-state index is -1.51. The average Bonchev–Trinajstić information content (AvgIpc) is 3.39. The van der Waals surface area contributed by atoms with E-state index in [9.17, 15) is 63.3 Å². The molecule has 83 heavy (non-hydrogen) atoms. The molecular weight excluding hydrogens is 1120 g/mol. The third kappa shape index (κ3) is 153. The fraction of sp³-hybridized carbons (Fsp3) is 0.429. The Morgan fingerprint density at radius 3 is 0.747 bits per heavy atom. The van der Waals surface area contributed by atoms with E-state index < -0.39 is 65.7 Å². The molecule has 0 saturated heterocycles. The number of nitrogens with two attached hydrogens (primary N) is 2. The van der Waals surface area contributed by atoms with Gasteiger partial charge in [0.05, 0.1) is 110 Å². The fourth-order valence-corrected chi connectivity index (χ4v) is 3.03. The summed E-state index contributed by atoms with van der Waals surface area (Å²) in [7, 11) is 0. The van der Waals surface area contributed by atoms with E-state index in [4.69, 9.17) is 86.2 Å². The predicted molar refractivity (Wildman–Crippen MR) is 284 cm³/mol. The van der Waals surface area contributed by atoms with Gasteiger partial charge in [-0.3, -0.25) is 4.79 Å². The van der Waals surface area contributed by atoms with Gasteiger partial charge in [0.25, 0.3) is 0 Å². The van der Waals surface area contributed by atoms with Crippen molar-refractivity contribution in [2.24, 2.45) is 11.5 Å². The highest BCUT2D eigenvalue weighted by atomic mass is 16.5. The van der Waals surface area contributed by atoms with E-state index >= 15 is 0 Å². The van der Waals surface area contributed by atoms with Crippen molar-refractivity contribution in [2.45, 2.75) is 38.1 Å². The molecular formula is C49H85N6O28+. The van der Waals surface area contributed by atoms with Crippen molar-refractivity contribution in [1.29, 1.82) is 0 Å². The van der Waals surface area contributed by atoms with Crippen LogP contribution >= 0.6 is 0 Å². The topological polar surface area (TPSA) is 651 Å². The molecule has 0 rings (SSSR count). The number of carbonyl (C=O) groups excluding carboxylic acids is 3. The summed E-state index contributed by atoms with van der Waals surface area (Å²) in [6.45, 7) is 20.2. The number of quaternary nitrogens is 4. The largest absolute Gasteiger partial charge is 0.545 e. The first-order valence-electron chi connectivity index (χ1n) is 23.7. The standard InChI is InChI=1S/C10H24N2O3.C6H16N2O2.C6H14N2O2.3C5H6O3.3C4H4O4/c11-3-1-5-13-7-9-15-10-8-14-6-2-4-12;7-1-3-9-5-6-10-4-2-8;7-4-2-1-3-5(8)6(9)10;3*1-4(6)2-3-5(7)8;3*5-3(6)1-2-4(7)8/h1-12H2;1-8H2;5H,1-4,7-8H2,(H,9,10);3*2-3,6H,1H2,(H,7,8);3*1-2H,(H,5,6)(H,7,8)/p+1/b;;;3*3-2-;3*2-1-/t;;5-;;;;;;/m..0....../s1. The molecule has 26 N–H and O–H groups in total. The highest BCUT2D eigenvalue weighted by molar-refractivity contribution is 5.89. The van der Waals surface area contributed by atoms with Gasteiger partial charge in [0, 0.05) is 49.3 Å². The predicted octanol–water partition coefficient (Wildman–Crippen LogP) is -7.44. The molecule has 0 aliphatic rings. The van der Waals surface area contributed by atoms with Gasteiger partial charge in [-0.15, -0.1) is 0 Å². The summed E-state index contributed by atoms with van der Waals surface area (Å²) >= 11 is 0. The van der Waals surface area contributed by atoms with Crippen LogP contribution in [0.5, 0.6) is 0 Å². The highest BCUT2D eigenvalue weighted by Gasteiger charge is 2.09. The SMILES string of the molecule is C=C(O)/C=C\C(=O)O.C=C(O)/C=C\C(=O)O.C=C(O)/C=C\C(=O)O.NCCCC[C@H](N)C(=O)O.O=C([O-])/C=C\C(=O)O.O=C([O-])/C=C\C(=O)O.O=C([O-])/C=C\C(=O)O.[NH3+]CCCOCCOCCOCCC[NH3+].[NH3+]CCOCCOCC[NH3+]. The zero-order valence-corrected chi connectivity index (χ0v) is 46.1. The van der Waals surface area contributed by atoms with Crippen molar-refractivity contribution in [3.05, 3.63) is 110 Å². The van der Waals surface area contributed by atoms with E-state index in [2.05, 4.69) is 42.7 Å². The van der Waals surface area contributed by atoms with Gasteiger partial charge < -0.3 is 139 Å². The van der Waals surface area contributed by atoms with Crippen LogP contribution in [0.4, 0.5) is 0 Å². The zero-order valence-electron chi connectivity index (χ0n) is 46.1. The van der Waals surface area contributed by atoms with Crippen LogP contribution < -0.4 is 49.7 Å². The third-order valence-electron chi connectivity index (χ3n) is 6.40. The summed E-state index contributed by atoms with van der Waals surface area (Å²) < 4.78 is 26.2. The average molecular weight is 1210 g/mol. The van der Waals surface area contributed by atoms with Gasteiger partial charge in [-0.2, -0.15) is 0 Å². The Kier molecular flexibility index (Phi) is 87.5. The van der Waals surface area contributed by atoms with Crippen LogP contribution in [0.15, 0.2) is 110 Å². The van der Waals surface area contributed by atoms with Crippen LogP contribution in [-0.4, -0.2) is 216 Å². The molecule has 34 nitrogen and oxygen atoms in total. The molecule has 1 atom stereocenters. The Bertz CT molecular complexity index is 1580. The third-order valence-corrected chi connectivity index (χ3v) is 6.40. The summed E-state index contributed by atoms with van der Waals surface area (Å²) in [5.74, 6) is -13.4. The van der Waals surface area contributed by atoms with E-state index in [1.54, 1.807) is 0 Å². The lowest BCUT2D eigenvalue weighted by molar-refractivity contribution is -0.376. The molecule has 0 saturated carbocycles. The molecule has 0 aromatic rings. The number of rotatable bonds is 36. The monoisotopic (exact) mass is 1210 g/mol. The molecule has 34 heteroatoms. The van der Waals surface area contributed by atoms with Crippen LogP contribution in [-0.2, 0) is 71.6 Å². The number of carboxylic acid groups (broad SMARTS) is 10. The lowest BCUT2D eigenvalue weighted by atomic mass is 10.1. The number of unbranched alkanes of at least 4 members (excludes halogenated alkanes) is 1. The summed E-state index contributed by atoms with van der Waals surface area (Å²) in [5.41, 5.74) is 25.2. The van der Waals surface area contributed by atoms with Crippen LogP contribution in [0.25, 0.3) is 0 Å². The lowest BCUT2D eigenvalue weighted by Crippen LogP contribution is -2.52. The number of allylic oxidation sites excluding steroid dienone is 3. The Morgan fingerprint density at radius 2 is 0.590 bits per heavy atom. The number of aliphatic hydroxyl groups is 3. The number of hydrogen-bond donors (Lipinski definition) is 16. The molecule has 0 fully saturated rings. The maximum Gasteiger partial charge on any atom is 0.328 e. The van der Waals surface area contributed by atoms with E-state index in [1.807, 2.05) is 0 Å². The van der Waals surface area contributed by atoms with Crippen molar-refractivity contribution >= 4 is 59.7 Å². The number of aliphatic carboxylic acids is 10. The number of hydrogen-bond acceptors (Lipinski definition) is 23. The van der Waals surface area contributed by atoms with Crippen molar-refractivity contribution in [2.75, 3.05) is 98.8 Å². The normalized spacial score (nSPS) is 10.2. The second kappa shape index (κ2) is 77.5. The first kappa shape index (κ1) is 93.6. The minimum absolute atomic E-state index is 0.257. The zero-order chi connectivity index (χ0) is 66.2. The van der Waals surface area contributed by atoms with Crippen molar-refractivity contribution in [1.82, 2.24) is 0 Å². The molecule has 0 amide bonds. The highest BCUT2D eigenvalue weighted by Crippen LogP contribution is 1.97. The summed E-state index contributed by atoms with van der Waals surface area (Å²) in [5, 5.41) is 109. The van der Waals surface area contributed by atoms with Crippen LogP contribution in [0.2, 0.25) is 0 Å².